The number of esters is 1. The highest BCUT2D eigenvalue weighted by Gasteiger charge is 2.35. The molecule has 2 rings (SSSR count). The van der Waals surface area contributed by atoms with E-state index >= 15 is 0 Å². The van der Waals surface area contributed by atoms with Crippen molar-refractivity contribution in [1.29, 1.82) is 0 Å². The molecule has 0 spiro atoms. The smallest absolute Gasteiger partial charge is 0.338 e. The summed E-state index contributed by atoms with van der Waals surface area (Å²) in [6.45, 7) is 1.74. The third-order valence-electron chi connectivity index (χ3n) is 3.51. The molecule has 0 bridgehead atoms. The summed E-state index contributed by atoms with van der Waals surface area (Å²) in [5.41, 5.74) is 0.565. The van der Waals surface area contributed by atoms with E-state index in [1.54, 1.807) is 32.4 Å². The largest absolute Gasteiger partial charge is 0.497 e. The van der Waals surface area contributed by atoms with Crippen LogP contribution in [0.5, 0.6) is 5.75 Å². The molecular formula is C18H19NO3. The van der Waals surface area contributed by atoms with Gasteiger partial charge in [0.2, 0.25) is 0 Å². The van der Waals surface area contributed by atoms with Gasteiger partial charge in [0.05, 0.1) is 14.2 Å². The fraction of sp³-hybridized carbons (Fsp3) is 0.222. The quantitative estimate of drug-likeness (QED) is 0.629. The van der Waals surface area contributed by atoms with E-state index in [1.807, 2.05) is 42.5 Å². The summed E-state index contributed by atoms with van der Waals surface area (Å²) in [5, 5.41) is 0. The van der Waals surface area contributed by atoms with Gasteiger partial charge < -0.3 is 9.47 Å². The van der Waals surface area contributed by atoms with Gasteiger partial charge in [0.15, 0.2) is 5.54 Å². The number of carbonyl (C=O) groups is 1. The molecule has 0 aliphatic heterocycles. The average molecular weight is 297 g/mol. The number of benzene rings is 2. The minimum Gasteiger partial charge on any atom is -0.497 e. The SMILES string of the molecule is COC(=O)[C@](C)(N=Cc1ccccc1)c1ccc(OC)cc1. The van der Waals surface area contributed by atoms with Crippen molar-refractivity contribution in [3.63, 3.8) is 0 Å². The molecule has 2 aromatic rings. The predicted octanol–water partition coefficient (Wildman–Crippen LogP) is 3.20. The lowest BCUT2D eigenvalue weighted by Crippen LogP contribution is -2.32. The van der Waals surface area contributed by atoms with Crippen LogP contribution in [0.25, 0.3) is 0 Å². The van der Waals surface area contributed by atoms with Gasteiger partial charge >= 0.3 is 5.97 Å². The second kappa shape index (κ2) is 6.89. The second-order valence-corrected chi connectivity index (χ2v) is 4.96. The van der Waals surface area contributed by atoms with Crippen LogP contribution in [0.15, 0.2) is 59.6 Å². The summed E-state index contributed by atoms with van der Waals surface area (Å²) >= 11 is 0. The molecule has 22 heavy (non-hydrogen) atoms. The van der Waals surface area contributed by atoms with Crippen LogP contribution in [0.1, 0.15) is 18.1 Å². The molecule has 2 aromatic carbocycles. The summed E-state index contributed by atoms with van der Waals surface area (Å²) in [6, 6.07) is 16.9. The van der Waals surface area contributed by atoms with E-state index in [1.165, 1.54) is 7.11 Å². The molecule has 0 aliphatic carbocycles. The predicted molar refractivity (Wildman–Crippen MR) is 86.4 cm³/mol. The van der Waals surface area contributed by atoms with E-state index in [2.05, 4.69) is 4.99 Å². The van der Waals surface area contributed by atoms with Crippen molar-refractivity contribution in [2.75, 3.05) is 14.2 Å². The van der Waals surface area contributed by atoms with Crippen molar-refractivity contribution in [3.8, 4) is 5.75 Å². The topological polar surface area (TPSA) is 47.9 Å². The van der Waals surface area contributed by atoms with E-state index in [0.29, 0.717) is 0 Å². The van der Waals surface area contributed by atoms with Crippen LogP contribution >= 0.6 is 0 Å². The van der Waals surface area contributed by atoms with E-state index in [0.717, 1.165) is 16.9 Å². The van der Waals surface area contributed by atoms with Crippen molar-refractivity contribution in [2.45, 2.75) is 12.5 Å². The molecule has 0 aliphatic rings. The van der Waals surface area contributed by atoms with Gasteiger partial charge in [0.25, 0.3) is 0 Å². The number of hydrogen-bond acceptors (Lipinski definition) is 4. The first-order valence-electron chi connectivity index (χ1n) is 6.93. The van der Waals surface area contributed by atoms with Crippen LogP contribution in [0.3, 0.4) is 0 Å². The van der Waals surface area contributed by atoms with Crippen LogP contribution in [-0.4, -0.2) is 26.4 Å². The number of hydrogen-bond donors (Lipinski definition) is 0. The molecule has 0 aromatic heterocycles. The zero-order chi connectivity index (χ0) is 16.0. The Hall–Kier alpha value is -2.62. The lowest BCUT2D eigenvalue weighted by molar-refractivity contribution is -0.146. The van der Waals surface area contributed by atoms with Gasteiger partial charge in [0.1, 0.15) is 5.75 Å². The Morgan fingerprint density at radius 2 is 1.68 bits per heavy atom. The summed E-state index contributed by atoms with van der Waals surface area (Å²) < 4.78 is 10.1. The molecule has 0 unspecified atom stereocenters. The number of rotatable bonds is 5. The molecule has 4 heteroatoms. The molecular weight excluding hydrogens is 278 g/mol. The molecule has 1 atom stereocenters. The van der Waals surface area contributed by atoms with Crippen LogP contribution in [0.2, 0.25) is 0 Å². The fourth-order valence-corrected chi connectivity index (χ4v) is 2.10. The maximum absolute atomic E-state index is 12.2. The number of methoxy groups -OCH3 is 2. The Morgan fingerprint density at radius 1 is 1.05 bits per heavy atom. The van der Waals surface area contributed by atoms with Crippen LogP contribution in [0, 0.1) is 0 Å². The Bertz CT molecular complexity index is 650. The first-order valence-corrected chi connectivity index (χ1v) is 6.93. The first-order chi connectivity index (χ1) is 10.6. The lowest BCUT2D eigenvalue weighted by Gasteiger charge is -2.23. The zero-order valence-corrected chi connectivity index (χ0v) is 12.9. The monoisotopic (exact) mass is 297 g/mol. The van der Waals surface area contributed by atoms with E-state index in [9.17, 15) is 4.79 Å². The Kier molecular flexibility index (Phi) is 4.94. The number of aliphatic imine (C=N–C) groups is 1. The van der Waals surface area contributed by atoms with Gasteiger partial charge in [-0.3, -0.25) is 4.99 Å². The van der Waals surface area contributed by atoms with Crippen LogP contribution in [-0.2, 0) is 15.1 Å². The van der Waals surface area contributed by atoms with E-state index in [-0.39, 0.29) is 0 Å². The highest BCUT2D eigenvalue weighted by atomic mass is 16.5. The average Bonchev–Trinajstić information content (AvgIpc) is 2.60. The van der Waals surface area contributed by atoms with Crippen molar-refractivity contribution < 1.29 is 14.3 Å². The minimum atomic E-state index is -1.10. The van der Waals surface area contributed by atoms with Crippen LogP contribution < -0.4 is 4.74 Å². The highest BCUT2D eigenvalue weighted by molar-refractivity contribution is 5.87. The molecule has 0 saturated carbocycles. The number of carbonyl (C=O) groups excluding carboxylic acids is 1. The molecule has 0 heterocycles. The lowest BCUT2D eigenvalue weighted by atomic mass is 9.92. The third-order valence-corrected chi connectivity index (χ3v) is 3.51. The van der Waals surface area contributed by atoms with E-state index < -0.39 is 11.5 Å². The highest BCUT2D eigenvalue weighted by Crippen LogP contribution is 2.28. The van der Waals surface area contributed by atoms with Crippen molar-refractivity contribution in [1.82, 2.24) is 0 Å². The van der Waals surface area contributed by atoms with Crippen molar-refractivity contribution >= 4 is 12.2 Å². The summed E-state index contributed by atoms with van der Waals surface area (Å²) in [5.74, 6) is 0.313. The normalized spacial score (nSPS) is 13.6. The standard InChI is InChI=1S/C18H19NO3/c1-18(17(20)22-3,15-9-11-16(21-2)12-10-15)19-13-14-7-5-4-6-8-14/h4-13H,1-3H3/t18-/m1/s1. The van der Waals surface area contributed by atoms with Crippen molar-refractivity contribution in [3.05, 3.63) is 65.7 Å². The van der Waals surface area contributed by atoms with Crippen LogP contribution in [0.4, 0.5) is 0 Å². The zero-order valence-electron chi connectivity index (χ0n) is 12.9. The molecule has 4 nitrogen and oxygen atoms in total. The van der Waals surface area contributed by atoms with E-state index in [4.69, 9.17) is 9.47 Å². The maximum Gasteiger partial charge on any atom is 0.338 e. The number of nitrogens with zero attached hydrogens (tertiary/aromatic N) is 1. The Morgan fingerprint density at radius 3 is 2.23 bits per heavy atom. The van der Waals surface area contributed by atoms with Gasteiger partial charge in [-0.15, -0.1) is 0 Å². The minimum absolute atomic E-state index is 0.412. The van der Waals surface area contributed by atoms with Gasteiger partial charge in [-0.25, -0.2) is 4.79 Å². The molecule has 0 amide bonds. The maximum atomic E-state index is 12.2. The summed E-state index contributed by atoms with van der Waals surface area (Å²) in [6.07, 6.45) is 1.68. The summed E-state index contributed by atoms with van der Waals surface area (Å²) in [7, 11) is 2.96. The second-order valence-electron chi connectivity index (χ2n) is 4.96. The Balaban J connectivity index is 2.38. The molecule has 0 saturated heterocycles. The van der Waals surface area contributed by atoms with Gasteiger partial charge in [0, 0.05) is 6.21 Å². The molecule has 114 valence electrons. The van der Waals surface area contributed by atoms with Gasteiger partial charge in [-0.1, -0.05) is 42.5 Å². The first kappa shape index (κ1) is 15.8. The molecule has 0 N–H and O–H groups in total. The molecule has 0 radical (unpaired) electrons. The number of ether oxygens (including phenoxy) is 2. The van der Waals surface area contributed by atoms with Crippen molar-refractivity contribution in [2.24, 2.45) is 4.99 Å². The summed E-state index contributed by atoms with van der Waals surface area (Å²) in [4.78, 5) is 16.7. The third kappa shape index (κ3) is 3.34. The van der Waals surface area contributed by atoms with Gasteiger partial charge in [-0.05, 0) is 30.2 Å². The fourth-order valence-electron chi connectivity index (χ4n) is 2.10. The Labute approximate surface area is 130 Å². The molecule has 0 fully saturated rings. The van der Waals surface area contributed by atoms with Gasteiger partial charge in [-0.2, -0.15) is 0 Å².